The van der Waals surface area contributed by atoms with E-state index in [0.717, 1.165) is 4.90 Å². The third-order valence-electron chi connectivity index (χ3n) is 5.23. The smallest absolute Gasteiger partial charge is 0.331 e. The van der Waals surface area contributed by atoms with Gasteiger partial charge in [0.05, 0.1) is 25.0 Å². The molecule has 2 aromatic carbocycles. The van der Waals surface area contributed by atoms with Crippen LogP contribution in [0.3, 0.4) is 0 Å². The van der Waals surface area contributed by atoms with E-state index in [-0.39, 0.29) is 13.1 Å². The second-order valence-corrected chi connectivity index (χ2v) is 7.98. The summed E-state index contributed by atoms with van der Waals surface area (Å²) >= 11 is 6.02. The number of hydrogen-bond acceptors (Lipinski definition) is 6. The number of hydrazine groups is 1. The Hall–Kier alpha value is -3.63. The van der Waals surface area contributed by atoms with Gasteiger partial charge in [-0.1, -0.05) is 23.7 Å². The standard InChI is InChI=1S/C22H21ClFN5O4/c1-27-11-17-20(26-27)21(31)29(10-13-3-6-15(24)7-4-13)22(32)28(17)12-19(30)25-16-9-14(23)5-8-18(16)33-2/h3-9,11,20,26H,10,12H2,1-2H3,(H,25,30). The molecule has 1 atom stereocenters. The summed E-state index contributed by atoms with van der Waals surface area (Å²) in [7, 11) is 3.14. The van der Waals surface area contributed by atoms with Crippen LogP contribution in [-0.2, 0) is 16.1 Å². The van der Waals surface area contributed by atoms with E-state index in [4.69, 9.17) is 16.3 Å². The number of methoxy groups -OCH3 is 1. The van der Waals surface area contributed by atoms with E-state index >= 15 is 0 Å². The third kappa shape index (κ3) is 4.62. The van der Waals surface area contributed by atoms with E-state index in [1.54, 1.807) is 30.4 Å². The molecule has 0 aliphatic carbocycles. The van der Waals surface area contributed by atoms with Gasteiger partial charge in [-0.25, -0.2) is 14.6 Å². The van der Waals surface area contributed by atoms with E-state index in [2.05, 4.69) is 10.7 Å². The number of anilines is 1. The van der Waals surface area contributed by atoms with Crippen molar-refractivity contribution in [3.05, 3.63) is 70.8 Å². The summed E-state index contributed by atoms with van der Waals surface area (Å²) in [5.41, 5.74) is 4.24. The summed E-state index contributed by atoms with van der Waals surface area (Å²) < 4.78 is 18.5. The monoisotopic (exact) mass is 473 g/mol. The Kier molecular flexibility index (Phi) is 6.21. The number of carbonyl (C=O) groups is 3. The lowest BCUT2D eigenvalue weighted by Gasteiger charge is -2.37. The molecule has 0 bridgehead atoms. The van der Waals surface area contributed by atoms with E-state index < -0.39 is 29.7 Å². The SMILES string of the molecule is COc1ccc(Cl)cc1NC(=O)CN1C(=O)N(Cc2ccc(F)cc2)C(=O)C2NN(C)C=C21. The number of rotatable bonds is 6. The number of nitrogens with zero attached hydrogens (tertiary/aromatic N) is 3. The first-order chi connectivity index (χ1) is 15.8. The Morgan fingerprint density at radius 1 is 1.18 bits per heavy atom. The minimum Gasteiger partial charge on any atom is -0.495 e. The van der Waals surface area contributed by atoms with Crippen LogP contribution in [0.25, 0.3) is 0 Å². The summed E-state index contributed by atoms with van der Waals surface area (Å²) in [6.07, 6.45) is 1.59. The highest BCUT2D eigenvalue weighted by atomic mass is 35.5. The molecule has 4 amide bonds. The molecule has 9 nitrogen and oxygen atoms in total. The van der Waals surface area contributed by atoms with Gasteiger partial charge < -0.3 is 15.1 Å². The maximum Gasteiger partial charge on any atom is 0.331 e. The van der Waals surface area contributed by atoms with Crippen LogP contribution in [0, 0.1) is 5.82 Å². The summed E-state index contributed by atoms with van der Waals surface area (Å²) in [6, 6.07) is 8.79. The van der Waals surface area contributed by atoms with Gasteiger partial charge in [0.2, 0.25) is 5.91 Å². The minimum absolute atomic E-state index is 0.0621. The highest BCUT2D eigenvalue weighted by Crippen LogP contribution is 2.29. The number of ether oxygens (including phenoxy) is 1. The number of halogens is 2. The van der Waals surface area contributed by atoms with Gasteiger partial charge in [-0.15, -0.1) is 0 Å². The van der Waals surface area contributed by atoms with Gasteiger partial charge in [0, 0.05) is 18.3 Å². The molecule has 2 N–H and O–H groups in total. The molecule has 2 heterocycles. The first-order valence-corrected chi connectivity index (χ1v) is 10.4. The molecule has 2 aliphatic rings. The van der Waals surface area contributed by atoms with E-state index in [1.807, 2.05) is 0 Å². The average Bonchev–Trinajstić information content (AvgIpc) is 3.17. The second-order valence-electron chi connectivity index (χ2n) is 7.54. The molecular weight excluding hydrogens is 453 g/mol. The van der Waals surface area contributed by atoms with E-state index in [1.165, 1.54) is 42.3 Å². The van der Waals surface area contributed by atoms with Crippen molar-refractivity contribution in [1.82, 2.24) is 20.2 Å². The fourth-order valence-electron chi connectivity index (χ4n) is 3.68. The number of nitrogens with one attached hydrogen (secondary N) is 2. The molecule has 2 aromatic rings. The molecule has 172 valence electrons. The van der Waals surface area contributed by atoms with E-state index in [0.29, 0.717) is 27.7 Å². The molecule has 1 unspecified atom stereocenters. The van der Waals surface area contributed by atoms with Crippen LogP contribution in [-0.4, -0.2) is 59.4 Å². The topological polar surface area (TPSA) is 94.2 Å². The zero-order chi connectivity index (χ0) is 23.7. The van der Waals surface area contributed by atoms with Crippen molar-refractivity contribution in [1.29, 1.82) is 0 Å². The zero-order valence-corrected chi connectivity index (χ0v) is 18.6. The first-order valence-electron chi connectivity index (χ1n) is 9.98. The Balaban J connectivity index is 1.57. The van der Waals surface area contributed by atoms with Crippen LogP contribution in [0.15, 0.2) is 54.4 Å². The van der Waals surface area contributed by atoms with Gasteiger partial charge in [-0.05, 0) is 35.9 Å². The van der Waals surface area contributed by atoms with Crippen LogP contribution in [0.5, 0.6) is 5.75 Å². The van der Waals surface area contributed by atoms with Crippen molar-refractivity contribution in [2.24, 2.45) is 0 Å². The summed E-state index contributed by atoms with van der Waals surface area (Å²) in [5.74, 6) is -0.985. The molecule has 0 saturated carbocycles. The average molecular weight is 474 g/mol. The van der Waals surface area contributed by atoms with Gasteiger partial charge in [-0.2, -0.15) is 0 Å². The molecule has 33 heavy (non-hydrogen) atoms. The Bertz CT molecular complexity index is 1140. The normalized spacial score (nSPS) is 17.8. The number of hydrogen-bond donors (Lipinski definition) is 2. The van der Waals surface area contributed by atoms with Gasteiger partial charge in [0.15, 0.2) is 0 Å². The Labute approximate surface area is 194 Å². The molecular formula is C22H21ClFN5O4. The lowest BCUT2D eigenvalue weighted by atomic mass is 10.1. The van der Waals surface area contributed by atoms with Crippen LogP contribution >= 0.6 is 11.6 Å². The predicted molar refractivity (Wildman–Crippen MR) is 118 cm³/mol. The van der Waals surface area contributed by atoms with Crippen molar-refractivity contribution in [2.75, 3.05) is 26.0 Å². The first kappa shape index (κ1) is 22.6. The van der Waals surface area contributed by atoms with Gasteiger partial charge in [-0.3, -0.25) is 19.4 Å². The number of amides is 4. The largest absolute Gasteiger partial charge is 0.495 e. The number of urea groups is 1. The van der Waals surface area contributed by atoms with Crippen molar-refractivity contribution >= 4 is 35.1 Å². The van der Waals surface area contributed by atoms with Crippen LogP contribution in [0.4, 0.5) is 14.9 Å². The molecule has 1 fully saturated rings. The Morgan fingerprint density at radius 2 is 1.91 bits per heavy atom. The number of benzene rings is 2. The minimum atomic E-state index is -0.832. The van der Waals surface area contributed by atoms with Crippen LogP contribution in [0.1, 0.15) is 5.56 Å². The summed E-state index contributed by atoms with van der Waals surface area (Å²) in [5, 5.41) is 4.65. The lowest BCUT2D eigenvalue weighted by Crippen LogP contribution is -2.60. The maximum atomic E-state index is 13.3. The van der Waals surface area contributed by atoms with Crippen LogP contribution in [0.2, 0.25) is 5.02 Å². The van der Waals surface area contributed by atoms with Gasteiger partial charge in [0.1, 0.15) is 24.2 Å². The van der Waals surface area contributed by atoms with Crippen LogP contribution < -0.4 is 15.5 Å². The summed E-state index contributed by atoms with van der Waals surface area (Å²) in [4.78, 5) is 41.4. The van der Waals surface area contributed by atoms with Gasteiger partial charge >= 0.3 is 6.03 Å². The molecule has 0 radical (unpaired) electrons. The van der Waals surface area contributed by atoms with E-state index in [9.17, 15) is 18.8 Å². The lowest BCUT2D eigenvalue weighted by molar-refractivity contribution is -0.133. The summed E-state index contributed by atoms with van der Waals surface area (Å²) in [6.45, 7) is -0.410. The predicted octanol–water partition coefficient (Wildman–Crippen LogP) is 2.55. The number of imide groups is 1. The van der Waals surface area contributed by atoms with Gasteiger partial charge in [0.25, 0.3) is 5.91 Å². The molecule has 11 heteroatoms. The molecule has 2 aliphatic heterocycles. The zero-order valence-electron chi connectivity index (χ0n) is 17.8. The Morgan fingerprint density at radius 3 is 2.61 bits per heavy atom. The van der Waals surface area contributed by atoms with Crippen molar-refractivity contribution in [3.63, 3.8) is 0 Å². The molecule has 4 rings (SSSR count). The molecule has 0 aromatic heterocycles. The van der Waals surface area contributed by atoms with Crippen molar-refractivity contribution < 1.29 is 23.5 Å². The highest BCUT2D eigenvalue weighted by Gasteiger charge is 2.46. The maximum absolute atomic E-state index is 13.3. The quantitative estimate of drug-likeness (QED) is 0.669. The number of carbonyl (C=O) groups excluding carboxylic acids is 3. The fraction of sp³-hybridized carbons (Fsp3) is 0.227. The number of fused-ring (bicyclic) bond motifs is 1. The molecule has 0 spiro atoms. The van der Waals surface area contributed by atoms with Crippen molar-refractivity contribution in [2.45, 2.75) is 12.6 Å². The third-order valence-corrected chi connectivity index (χ3v) is 5.47. The highest BCUT2D eigenvalue weighted by molar-refractivity contribution is 6.31. The van der Waals surface area contributed by atoms with Crippen molar-refractivity contribution in [3.8, 4) is 5.75 Å². The fourth-order valence-corrected chi connectivity index (χ4v) is 3.85. The second kappa shape index (κ2) is 9.08. The molecule has 1 saturated heterocycles.